The Balaban J connectivity index is 1.82. The fraction of sp³-hybridized carbons (Fsp3) is 0.389. The first-order valence-electron chi connectivity index (χ1n) is 9.14. The van der Waals surface area contributed by atoms with E-state index < -0.39 is 21.3 Å². The lowest BCUT2D eigenvalue weighted by atomic mass is 10.1. The predicted octanol–water partition coefficient (Wildman–Crippen LogP) is 1.26. The van der Waals surface area contributed by atoms with Crippen LogP contribution in [0.2, 0.25) is 0 Å². The van der Waals surface area contributed by atoms with Crippen LogP contribution in [0.5, 0.6) is 0 Å². The Morgan fingerprint density at radius 2 is 1.93 bits per heavy atom. The number of nitrogens with zero attached hydrogens (tertiary/aromatic N) is 3. The molecule has 0 aliphatic carbocycles. The van der Waals surface area contributed by atoms with Crippen LogP contribution in [0.1, 0.15) is 37.4 Å². The monoisotopic (exact) mass is 403 g/mol. The van der Waals surface area contributed by atoms with Crippen molar-refractivity contribution < 1.29 is 8.42 Å². The second-order valence-corrected chi connectivity index (χ2v) is 8.90. The summed E-state index contributed by atoms with van der Waals surface area (Å²) in [5.74, 6) is 0. The van der Waals surface area contributed by atoms with Crippen molar-refractivity contribution in [3.05, 3.63) is 57.0 Å². The van der Waals surface area contributed by atoms with Gasteiger partial charge in [0.1, 0.15) is 0 Å². The molecule has 3 heterocycles. The maximum Gasteiger partial charge on any atom is 0.326 e. The third-order valence-electron chi connectivity index (χ3n) is 5.10. The van der Waals surface area contributed by atoms with E-state index in [0.29, 0.717) is 18.5 Å². The summed E-state index contributed by atoms with van der Waals surface area (Å²) in [7, 11) is -2.05. The maximum absolute atomic E-state index is 13.5. The molecular weight excluding hydrogens is 382 g/mol. The van der Waals surface area contributed by atoms with Crippen LogP contribution >= 0.6 is 0 Å². The van der Waals surface area contributed by atoms with Crippen molar-refractivity contribution in [1.29, 1.82) is 0 Å². The van der Waals surface area contributed by atoms with Crippen LogP contribution in [-0.2, 0) is 17.1 Å². The van der Waals surface area contributed by atoms with E-state index in [4.69, 9.17) is 0 Å². The van der Waals surface area contributed by atoms with Crippen molar-refractivity contribution in [3.63, 3.8) is 0 Å². The number of sulfonamides is 1. The molecule has 1 aliphatic heterocycles. The summed E-state index contributed by atoms with van der Waals surface area (Å²) < 4.78 is 30.1. The van der Waals surface area contributed by atoms with Crippen LogP contribution in [-0.4, -0.2) is 39.0 Å². The molecule has 0 radical (unpaired) electrons. The molecule has 4 rings (SSSR count). The standard InChI is InChI=1S/C18H21N5O4S/c1-22-10-8-15(21-22)16-5-3-2-4-9-23(16)28(26,27)12-6-7-14-13(11-12)17(24)20-18(25)19-14/h6-8,10-11,16H,2-5,9H2,1H3,(H2,19,20,24,25)/t16-/m0/s1. The first-order valence-corrected chi connectivity index (χ1v) is 10.6. The van der Waals surface area contributed by atoms with E-state index in [2.05, 4.69) is 15.1 Å². The largest absolute Gasteiger partial charge is 0.326 e. The molecule has 0 spiro atoms. The van der Waals surface area contributed by atoms with Crippen LogP contribution in [0.4, 0.5) is 0 Å². The normalized spacial score (nSPS) is 19.0. The number of benzene rings is 1. The molecule has 1 atom stereocenters. The van der Waals surface area contributed by atoms with Gasteiger partial charge in [0.25, 0.3) is 5.56 Å². The number of H-pyrrole nitrogens is 2. The smallest absolute Gasteiger partial charge is 0.307 e. The van der Waals surface area contributed by atoms with Crippen molar-refractivity contribution in [2.75, 3.05) is 6.54 Å². The van der Waals surface area contributed by atoms with Gasteiger partial charge in [-0.2, -0.15) is 9.40 Å². The van der Waals surface area contributed by atoms with Gasteiger partial charge in [-0.25, -0.2) is 13.2 Å². The van der Waals surface area contributed by atoms with Gasteiger partial charge in [-0.3, -0.25) is 14.5 Å². The second kappa shape index (κ2) is 7.02. The summed E-state index contributed by atoms with van der Waals surface area (Å²) in [4.78, 5) is 28.2. The minimum absolute atomic E-state index is 0.0281. The van der Waals surface area contributed by atoms with E-state index in [0.717, 1.165) is 25.0 Å². The molecular formula is C18H21N5O4S. The molecule has 2 N–H and O–H groups in total. The minimum Gasteiger partial charge on any atom is -0.307 e. The van der Waals surface area contributed by atoms with Crippen molar-refractivity contribution in [2.24, 2.45) is 7.05 Å². The van der Waals surface area contributed by atoms with Crippen molar-refractivity contribution in [2.45, 2.75) is 36.6 Å². The number of aromatic nitrogens is 4. The SMILES string of the molecule is Cn1ccc([C@@H]2CCCCCN2S(=O)(=O)c2ccc3[nH]c(=O)[nH]c(=O)c3c2)n1. The Morgan fingerprint density at radius 1 is 1.11 bits per heavy atom. The highest BCUT2D eigenvalue weighted by atomic mass is 32.2. The first kappa shape index (κ1) is 18.6. The molecule has 1 saturated heterocycles. The summed E-state index contributed by atoms with van der Waals surface area (Å²) in [6.45, 7) is 0.392. The molecule has 0 bridgehead atoms. The fourth-order valence-electron chi connectivity index (χ4n) is 3.72. The van der Waals surface area contributed by atoms with Gasteiger partial charge < -0.3 is 4.98 Å². The van der Waals surface area contributed by atoms with Gasteiger partial charge in [0.05, 0.1) is 27.5 Å². The van der Waals surface area contributed by atoms with Crippen LogP contribution in [0.25, 0.3) is 10.9 Å². The average Bonchev–Trinajstić information content (AvgIpc) is 2.92. The highest BCUT2D eigenvalue weighted by Crippen LogP contribution is 2.34. The summed E-state index contributed by atoms with van der Waals surface area (Å²) >= 11 is 0. The number of hydrogen-bond acceptors (Lipinski definition) is 5. The van der Waals surface area contributed by atoms with Crippen LogP contribution in [0, 0.1) is 0 Å². The minimum atomic E-state index is -3.85. The Morgan fingerprint density at radius 3 is 2.68 bits per heavy atom. The van der Waals surface area contributed by atoms with Crippen molar-refractivity contribution in [3.8, 4) is 0 Å². The van der Waals surface area contributed by atoms with Gasteiger partial charge in [0, 0.05) is 19.8 Å². The van der Waals surface area contributed by atoms with E-state index in [9.17, 15) is 18.0 Å². The van der Waals surface area contributed by atoms with Crippen LogP contribution in [0.3, 0.4) is 0 Å². The Hall–Kier alpha value is -2.72. The van der Waals surface area contributed by atoms with E-state index >= 15 is 0 Å². The first-order chi connectivity index (χ1) is 13.4. The number of aromatic amines is 2. The Bertz CT molecular complexity index is 1240. The molecule has 0 unspecified atom stereocenters. The number of hydrogen-bond donors (Lipinski definition) is 2. The van der Waals surface area contributed by atoms with E-state index in [-0.39, 0.29) is 16.3 Å². The van der Waals surface area contributed by atoms with Gasteiger partial charge in [-0.1, -0.05) is 12.8 Å². The third-order valence-corrected chi connectivity index (χ3v) is 7.00. The summed E-state index contributed by atoms with van der Waals surface area (Å²) in [5, 5.41) is 4.55. The van der Waals surface area contributed by atoms with Gasteiger partial charge in [-0.05, 0) is 37.1 Å². The van der Waals surface area contributed by atoms with Crippen LogP contribution in [0.15, 0.2) is 44.9 Å². The van der Waals surface area contributed by atoms with E-state index in [1.165, 1.54) is 22.5 Å². The molecule has 2 aromatic heterocycles. The number of rotatable bonds is 3. The molecule has 0 saturated carbocycles. The molecule has 148 valence electrons. The molecule has 1 aromatic carbocycles. The fourth-order valence-corrected chi connectivity index (χ4v) is 5.41. The van der Waals surface area contributed by atoms with Crippen LogP contribution < -0.4 is 11.2 Å². The third kappa shape index (κ3) is 3.29. The molecule has 0 amide bonds. The number of nitrogens with one attached hydrogen (secondary N) is 2. The Labute approximate surface area is 161 Å². The molecule has 9 nitrogen and oxygen atoms in total. The zero-order valence-electron chi connectivity index (χ0n) is 15.4. The molecule has 10 heteroatoms. The highest BCUT2D eigenvalue weighted by Gasteiger charge is 2.34. The zero-order chi connectivity index (χ0) is 19.9. The zero-order valence-corrected chi connectivity index (χ0v) is 16.2. The van der Waals surface area contributed by atoms with E-state index in [1.807, 2.05) is 6.07 Å². The maximum atomic E-state index is 13.5. The van der Waals surface area contributed by atoms with Gasteiger partial charge >= 0.3 is 5.69 Å². The summed E-state index contributed by atoms with van der Waals surface area (Å²) in [6, 6.07) is 5.69. The lowest BCUT2D eigenvalue weighted by molar-refractivity contribution is 0.321. The average molecular weight is 403 g/mol. The number of fused-ring (bicyclic) bond motifs is 1. The topological polar surface area (TPSA) is 121 Å². The highest BCUT2D eigenvalue weighted by molar-refractivity contribution is 7.89. The molecule has 28 heavy (non-hydrogen) atoms. The predicted molar refractivity (Wildman–Crippen MR) is 103 cm³/mol. The van der Waals surface area contributed by atoms with Gasteiger partial charge in [0.15, 0.2) is 0 Å². The van der Waals surface area contributed by atoms with Gasteiger partial charge in [0.2, 0.25) is 10.0 Å². The molecule has 1 fully saturated rings. The summed E-state index contributed by atoms with van der Waals surface area (Å²) in [6.07, 6.45) is 5.14. The molecule has 1 aliphatic rings. The van der Waals surface area contributed by atoms with Gasteiger partial charge in [-0.15, -0.1) is 0 Å². The second-order valence-electron chi connectivity index (χ2n) is 7.01. The van der Waals surface area contributed by atoms with Crippen molar-refractivity contribution >= 4 is 20.9 Å². The quantitative estimate of drug-likeness (QED) is 0.682. The lowest BCUT2D eigenvalue weighted by Gasteiger charge is -2.28. The Kier molecular flexibility index (Phi) is 4.68. The number of aryl methyl sites for hydroxylation is 1. The molecule has 3 aromatic rings. The lowest BCUT2D eigenvalue weighted by Crippen LogP contribution is -2.35. The van der Waals surface area contributed by atoms with E-state index in [1.54, 1.807) is 17.9 Å². The summed E-state index contributed by atoms with van der Waals surface area (Å²) in [5.41, 5.74) is -0.232. The van der Waals surface area contributed by atoms with Crippen molar-refractivity contribution in [1.82, 2.24) is 24.1 Å².